The molecule has 1 aliphatic rings. The van der Waals surface area contributed by atoms with Gasteiger partial charge in [0.25, 0.3) is 0 Å². The van der Waals surface area contributed by atoms with E-state index in [1.807, 2.05) is 0 Å². The molecule has 0 unspecified atom stereocenters. The summed E-state index contributed by atoms with van der Waals surface area (Å²) in [6, 6.07) is 4.92. The Morgan fingerprint density at radius 1 is 1.32 bits per heavy atom. The Labute approximate surface area is 123 Å². The van der Waals surface area contributed by atoms with Gasteiger partial charge in [0.05, 0.1) is 10.7 Å². The Kier molecular flexibility index (Phi) is 4.94. The van der Waals surface area contributed by atoms with Crippen LogP contribution in [0.3, 0.4) is 0 Å². The number of ether oxygens (including phenoxy) is 1. The molecule has 0 radical (unpaired) electrons. The third-order valence-electron chi connectivity index (χ3n) is 3.46. The van der Waals surface area contributed by atoms with Crippen molar-refractivity contribution in [3.05, 3.63) is 28.2 Å². The molecule has 0 bridgehead atoms. The van der Waals surface area contributed by atoms with Crippen LogP contribution >= 0.6 is 23.2 Å². The van der Waals surface area contributed by atoms with Gasteiger partial charge in [-0.3, -0.25) is 5.32 Å². The molecule has 1 aliphatic carbocycles. The zero-order chi connectivity index (χ0) is 13.8. The van der Waals surface area contributed by atoms with E-state index >= 15 is 0 Å². The van der Waals surface area contributed by atoms with Gasteiger partial charge in [-0.25, -0.2) is 4.79 Å². The SMILES string of the molecule is C[C@@H]1CCCC[C@H]1OC(=O)Nc1ccc(Cl)cc1Cl. The molecule has 5 heteroatoms. The van der Waals surface area contributed by atoms with Crippen LogP contribution < -0.4 is 5.32 Å². The van der Waals surface area contributed by atoms with E-state index in [0.717, 1.165) is 19.3 Å². The van der Waals surface area contributed by atoms with E-state index in [9.17, 15) is 4.79 Å². The highest BCUT2D eigenvalue weighted by Gasteiger charge is 2.24. The number of amides is 1. The Morgan fingerprint density at radius 2 is 2.05 bits per heavy atom. The molecule has 1 aromatic carbocycles. The number of rotatable bonds is 2. The first kappa shape index (κ1) is 14.5. The maximum atomic E-state index is 11.8. The predicted molar refractivity (Wildman–Crippen MR) is 78.0 cm³/mol. The number of anilines is 1. The summed E-state index contributed by atoms with van der Waals surface area (Å²) in [7, 11) is 0. The molecule has 3 nitrogen and oxygen atoms in total. The molecule has 0 saturated heterocycles. The fraction of sp³-hybridized carbons (Fsp3) is 0.500. The molecule has 2 atom stereocenters. The molecule has 1 N–H and O–H groups in total. The number of nitrogens with one attached hydrogen (secondary N) is 1. The lowest BCUT2D eigenvalue weighted by molar-refractivity contribution is 0.0524. The quantitative estimate of drug-likeness (QED) is 0.823. The van der Waals surface area contributed by atoms with Crippen molar-refractivity contribution in [2.75, 3.05) is 5.32 Å². The fourth-order valence-corrected chi connectivity index (χ4v) is 2.78. The van der Waals surface area contributed by atoms with E-state index in [4.69, 9.17) is 27.9 Å². The van der Waals surface area contributed by atoms with E-state index in [0.29, 0.717) is 21.7 Å². The summed E-state index contributed by atoms with van der Waals surface area (Å²) < 4.78 is 5.45. The van der Waals surface area contributed by atoms with Crippen LogP contribution in [0.1, 0.15) is 32.6 Å². The zero-order valence-corrected chi connectivity index (χ0v) is 12.3. The van der Waals surface area contributed by atoms with Crippen LogP contribution in [0.4, 0.5) is 10.5 Å². The summed E-state index contributed by atoms with van der Waals surface area (Å²) in [5, 5.41) is 3.59. The van der Waals surface area contributed by atoms with E-state index in [2.05, 4.69) is 12.2 Å². The lowest BCUT2D eigenvalue weighted by Gasteiger charge is -2.28. The van der Waals surface area contributed by atoms with Gasteiger partial charge in [-0.05, 0) is 43.4 Å². The first-order chi connectivity index (χ1) is 9.06. The molecule has 0 aliphatic heterocycles. The third kappa shape index (κ3) is 4.02. The van der Waals surface area contributed by atoms with E-state index in [1.54, 1.807) is 18.2 Å². The lowest BCUT2D eigenvalue weighted by Crippen LogP contribution is -2.30. The van der Waals surface area contributed by atoms with Crippen LogP contribution in [-0.2, 0) is 4.74 Å². The highest BCUT2D eigenvalue weighted by Crippen LogP contribution is 2.28. The molecule has 1 amide bonds. The van der Waals surface area contributed by atoms with Crippen molar-refractivity contribution >= 4 is 35.0 Å². The van der Waals surface area contributed by atoms with Gasteiger partial charge in [0, 0.05) is 5.02 Å². The molecule has 0 spiro atoms. The number of hydrogen-bond donors (Lipinski definition) is 1. The second-order valence-electron chi connectivity index (χ2n) is 4.95. The standard InChI is InChI=1S/C14H17Cl2NO2/c1-9-4-2-3-5-13(9)19-14(18)17-12-7-6-10(15)8-11(12)16/h6-9,13H,2-5H2,1H3,(H,17,18)/t9-,13-/m1/s1. The van der Waals surface area contributed by atoms with Crippen molar-refractivity contribution < 1.29 is 9.53 Å². The Hall–Kier alpha value is -0.930. The minimum absolute atomic E-state index is 0.000161. The van der Waals surface area contributed by atoms with Crippen molar-refractivity contribution in [2.24, 2.45) is 5.92 Å². The molecule has 1 fully saturated rings. The molecule has 19 heavy (non-hydrogen) atoms. The van der Waals surface area contributed by atoms with Gasteiger partial charge >= 0.3 is 6.09 Å². The summed E-state index contributed by atoms with van der Waals surface area (Å²) in [5.41, 5.74) is 0.513. The first-order valence-electron chi connectivity index (χ1n) is 6.49. The largest absolute Gasteiger partial charge is 0.446 e. The van der Waals surface area contributed by atoms with Crippen molar-refractivity contribution in [1.82, 2.24) is 0 Å². The summed E-state index contributed by atoms with van der Waals surface area (Å²) in [6.07, 6.45) is 3.92. The average molecular weight is 302 g/mol. The van der Waals surface area contributed by atoms with Crippen molar-refractivity contribution in [1.29, 1.82) is 0 Å². The van der Waals surface area contributed by atoms with Crippen LogP contribution in [-0.4, -0.2) is 12.2 Å². The van der Waals surface area contributed by atoms with Crippen molar-refractivity contribution in [3.8, 4) is 0 Å². The monoisotopic (exact) mass is 301 g/mol. The van der Waals surface area contributed by atoms with Gasteiger partial charge in [0.1, 0.15) is 6.10 Å². The first-order valence-corrected chi connectivity index (χ1v) is 7.24. The number of hydrogen-bond acceptors (Lipinski definition) is 2. The van der Waals surface area contributed by atoms with E-state index in [1.165, 1.54) is 6.42 Å². The maximum Gasteiger partial charge on any atom is 0.411 e. The van der Waals surface area contributed by atoms with Crippen LogP contribution in [0.25, 0.3) is 0 Å². The number of carbonyl (C=O) groups excluding carboxylic acids is 1. The van der Waals surface area contributed by atoms with Gasteiger partial charge in [-0.15, -0.1) is 0 Å². The van der Waals surface area contributed by atoms with Crippen LogP contribution in [0.5, 0.6) is 0 Å². The van der Waals surface area contributed by atoms with Gasteiger partial charge in [0.15, 0.2) is 0 Å². The second kappa shape index (κ2) is 6.49. The second-order valence-corrected chi connectivity index (χ2v) is 5.80. The molecule has 0 heterocycles. The van der Waals surface area contributed by atoms with Crippen LogP contribution in [0, 0.1) is 5.92 Å². The van der Waals surface area contributed by atoms with E-state index < -0.39 is 6.09 Å². The summed E-state index contributed by atoms with van der Waals surface area (Å²) >= 11 is 11.8. The maximum absolute atomic E-state index is 11.8. The topological polar surface area (TPSA) is 38.3 Å². The third-order valence-corrected chi connectivity index (χ3v) is 4.01. The molecule has 104 valence electrons. The highest BCUT2D eigenvalue weighted by atomic mass is 35.5. The Morgan fingerprint density at radius 3 is 2.74 bits per heavy atom. The Balaban J connectivity index is 1.93. The van der Waals surface area contributed by atoms with Crippen molar-refractivity contribution in [3.63, 3.8) is 0 Å². The summed E-state index contributed by atoms with van der Waals surface area (Å²) in [5.74, 6) is 0.417. The zero-order valence-electron chi connectivity index (χ0n) is 10.8. The van der Waals surface area contributed by atoms with E-state index in [-0.39, 0.29) is 6.10 Å². The molecular weight excluding hydrogens is 285 g/mol. The predicted octanol–water partition coefficient (Wildman–Crippen LogP) is 5.12. The van der Waals surface area contributed by atoms with Gasteiger partial charge in [0.2, 0.25) is 0 Å². The molecule has 2 rings (SSSR count). The number of carbonyl (C=O) groups is 1. The molecule has 1 aromatic rings. The van der Waals surface area contributed by atoms with Gasteiger partial charge in [-0.1, -0.05) is 36.5 Å². The van der Waals surface area contributed by atoms with Crippen LogP contribution in [0.15, 0.2) is 18.2 Å². The van der Waals surface area contributed by atoms with Crippen LogP contribution in [0.2, 0.25) is 10.0 Å². The molecule has 0 aromatic heterocycles. The normalized spacial score (nSPS) is 22.9. The highest BCUT2D eigenvalue weighted by molar-refractivity contribution is 6.36. The minimum atomic E-state index is -0.456. The molecular formula is C14H17Cl2NO2. The molecule has 1 saturated carbocycles. The lowest BCUT2D eigenvalue weighted by atomic mass is 9.88. The summed E-state index contributed by atoms with van der Waals surface area (Å²) in [6.45, 7) is 2.12. The van der Waals surface area contributed by atoms with Gasteiger partial charge in [-0.2, -0.15) is 0 Å². The van der Waals surface area contributed by atoms with Gasteiger partial charge < -0.3 is 4.74 Å². The smallest absolute Gasteiger partial charge is 0.411 e. The Bertz CT molecular complexity index is 465. The number of halogens is 2. The average Bonchev–Trinajstić information content (AvgIpc) is 2.36. The summed E-state index contributed by atoms with van der Waals surface area (Å²) in [4.78, 5) is 11.8. The fourth-order valence-electron chi connectivity index (χ4n) is 2.33. The van der Waals surface area contributed by atoms with Crippen molar-refractivity contribution in [2.45, 2.75) is 38.7 Å². The number of benzene rings is 1. The minimum Gasteiger partial charge on any atom is -0.446 e.